The summed E-state index contributed by atoms with van der Waals surface area (Å²) < 4.78 is 6.30. The van der Waals surface area contributed by atoms with Gasteiger partial charge in [-0.05, 0) is 51.9 Å². The fourth-order valence-corrected chi connectivity index (χ4v) is 4.95. The fraction of sp³-hybridized carbons (Fsp3) is 0.667. The van der Waals surface area contributed by atoms with Crippen LogP contribution in [0.5, 0.6) is 0 Å². The first-order chi connectivity index (χ1) is 11.1. The highest BCUT2D eigenvalue weighted by Gasteiger charge is 2.42. The monoisotopic (exact) mass is 332 g/mol. The summed E-state index contributed by atoms with van der Waals surface area (Å²) in [5, 5.41) is 1.12. The highest BCUT2D eigenvalue weighted by molar-refractivity contribution is 7.11. The molecule has 0 aromatic carbocycles. The average Bonchev–Trinajstić information content (AvgIpc) is 3.26. The van der Waals surface area contributed by atoms with Crippen molar-refractivity contribution >= 4 is 17.2 Å². The number of aromatic nitrogens is 1. The molecule has 3 aliphatic rings. The molecule has 23 heavy (non-hydrogen) atoms. The topological polar surface area (TPSA) is 42.4 Å². The number of carbonyl (C=O) groups excluding carboxylic acids is 1. The third-order valence-corrected chi connectivity index (χ3v) is 6.64. The molecule has 0 saturated carbocycles. The Labute approximate surface area is 141 Å². The van der Waals surface area contributed by atoms with Gasteiger partial charge in [-0.3, -0.25) is 4.79 Å². The lowest BCUT2D eigenvalue weighted by atomic mass is 9.91. The smallest absolute Gasteiger partial charge is 0.249 e. The lowest BCUT2D eigenvalue weighted by molar-refractivity contribution is -0.131. The Morgan fingerprint density at radius 3 is 3.00 bits per heavy atom. The molecule has 1 aromatic rings. The quantitative estimate of drug-likeness (QED) is 0.832. The normalized spacial score (nSPS) is 30.4. The molecule has 4 rings (SSSR count). The summed E-state index contributed by atoms with van der Waals surface area (Å²) in [5.74, 6) is 0.819. The molecule has 0 spiro atoms. The van der Waals surface area contributed by atoms with Gasteiger partial charge in [0, 0.05) is 23.5 Å². The summed E-state index contributed by atoms with van der Waals surface area (Å²) in [6, 6.07) is 0. The van der Waals surface area contributed by atoms with Crippen molar-refractivity contribution in [2.45, 2.75) is 58.2 Å². The Morgan fingerprint density at radius 2 is 2.30 bits per heavy atom. The minimum atomic E-state index is 0.128. The number of rotatable bonds is 2. The predicted molar refractivity (Wildman–Crippen MR) is 90.4 cm³/mol. The second-order valence-electron chi connectivity index (χ2n) is 7.01. The summed E-state index contributed by atoms with van der Waals surface area (Å²) in [4.78, 5) is 20.5. The second kappa shape index (κ2) is 6.02. The van der Waals surface area contributed by atoms with Crippen LogP contribution < -0.4 is 0 Å². The second-order valence-corrected chi connectivity index (χ2v) is 8.25. The van der Waals surface area contributed by atoms with E-state index in [4.69, 9.17) is 4.74 Å². The molecule has 124 valence electrons. The Kier molecular flexibility index (Phi) is 4.01. The van der Waals surface area contributed by atoms with Gasteiger partial charge in [-0.15, -0.1) is 11.3 Å². The summed E-state index contributed by atoms with van der Waals surface area (Å²) in [5.41, 5.74) is 2.14. The Bertz CT molecular complexity index is 632. The average molecular weight is 332 g/mol. The van der Waals surface area contributed by atoms with Gasteiger partial charge >= 0.3 is 0 Å². The molecular formula is C18H24N2O2S. The predicted octanol–water partition coefficient (Wildman–Crippen LogP) is 3.55. The van der Waals surface area contributed by atoms with Crippen molar-refractivity contribution in [3.63, 3.8) is 0 Å². The van der Waals surface area contributed by atoms with Gasteiger partial charge in [0.05, 0.1) is 11.8 Å². The maximum atomic E-state index is 12.6. The minimum Gasteiger partial charge on any atom is -0.366 e. The minimum absolute atomic E-state index is 0.128. The van der Waals surface area contributed by atoms with Crippen molar-refractivity contribution in [2.75, 3.05) is 13.1 Å². The Hall–Kier alpha value is -1.20. The van der Waals surface area contributed by atoms with E-state index in [9.17, 15) is 4.79 Å². The van der Waals surface area contributed by atoms with E-state index in [1.165, 1.54) is 4.88 Å². The van der Waals surface area contributed by atoms with Crippen LogP contribution in [0.2, 0.25) is 0 Å². The Balaban J connectivity index is 1.43. The van der Waals surface area contributed by atoms with Crippen LogP contribution in [-0.4, -0.2) is 35.0 Å². The third-order valence-electron chi connectivity index (χ3n) is 5.48. The molecule has 2 saturated heterocycles. The standard InChI is InChI=1S/C18H24N2O2S/c1-11-12(2)23-17(19-11)15-9-14-7-8-20(10-16(14)22-15)18(21)13-5-3-4-6-13/h5,14-16H,3-4,6-10H2,1-2H3/t14-,15+,16+/m1/s1. The molecule has 3 atom stereocenters. The van der Waals surface area contributed by atoms with Gasteiger partial charge < -0.3 is 9.64 Å². The first kappa shape index (κ1) is 15.3. The van der Waals surface area contributed by atoms with Crippen LogP contribution in [0.4, 0.5) is 0 Å². The molecule has 1 aromatic heterocycles. The molecule has 4 nitrogen and oxygen atoms in total. The number of carbonyl (C=O) groups is 1. The first-order valence-electron chi connectivity index (χ1n) is 8.69. The van der Waals surface area contributed by atoms with Gasteiger partial charge in [-0.2, -0.15) is 0 Å². The van der Waals surface area contributed by atoms with Crippen LogP contribution in [0.25, 0.3) is 0 Å². The van der Waals surface area contributed by atoms with E-state index in [1.807, 2.05) is 4.90 Å². The summed E-state index contributed by atoms with van der Waals surface area (Å²) >= 11 is 1.76. The van der Waals surface area contributed by atoms with E-state index in [0.29, 0.717) is 5.92 Å². The molecule has 0 radical (unpaired) electrons. The van der Waals surface area contributed by atoms with Crippen molar-refractivity contribution in [1.29, 1.82) is 0 Å². The number of thiazole rings is 1. The number of likely N-dealkylation sites (tertiary alicyclic amines) is 1. The molecular weight excluding hydrogens is 308 g/mol. The van der Waals surface area contributed by atoms with Crippen molar-refractivity contribution < 1.29 is 9.53 Å². The highest BCUT2D eigenvalue weighted by Crippen LogP contribution is 2.42. The van der Waals surface area contributed by atoms with E-state index in [2.05, 4.69) is 24.9 Å². The zero-order valence-electron chi connectivity index (χ0n) is 13.9. The van der Waals surface area contributed by atoms with Gasteiger partial charge in [-0.1, -0.05) is 6.08 Å². The SMILES string of the molecule is Cc1nc([C@@H]2C[C@H]3CCN(C(=O)C4=CCCC4)C[C@@H]3O2)sc1C. The molecule has 1 amide bonds. The fourth-order valence-electron chi connectivity index (χ4n) is 3.98. The van der Waals surface area contributed by atoms with E-state index in [1.54, 1.807) is 11.3 Å². The number of nitrogens with zero attached hydrogens (tertiary/aromatic N) is 2. The number of fused-ring (bicyclic) bond motifs is 1. The van der Waals surface area contributed by atoms with Crippen molar-refractivity contribution in [1.82, 2.24) is 9.88 Å². The first-order valence-corrected chi connectivity index (χ1v) is 9.51. The van der Waals surface area contributed by atoms with E-state index in [-0.39, 0.29) is 18.1 Å². The zero-order chi connectivity index (χ0) is 16.0. The van der Waals surface area contributed by atoms with Crippen molar-refractivity contribution in [2.24, 2.45) is 5.92 Å². The Morgan fingerprint density at radius 1 is 1.43 bits per heavy atom. The molecule has 2 fully saturated rings. The molecule has 3 heterocycles. The molecule has 0 bridgehead atoms. The van der Waals surface area contributed by atoms with Crippen LogP contribution in [-0.2, 0) is 9.53 Å². The van der Waals surface area contributed by atoms with E-state index >= 15 is 0 Å². The maximum Gasteiger partial charge on any atom is 0.249 e. The summed E-state index contributed by atoms with van der Waals surface area (Å²) in [6.07, 6.45) is 7.68. The lowest BCUT2D eigenvalue weighted by Crippen LogP contribution is -2.45. The van der Waals surface area contributed by atoms with Gasteiger partial charge in [0.2, 0.25) is 5.91 Å². The summed E-state index contributed by atoms with van der Waals surface area (Å²) in [6.45, 7) is 5.81. The number of aryl methyl sites for hydroxylation is 2. The number of hydrogen-bond acceptors (Lipinski definition) is 4. The lowest BCUT2D eigenvalue weighted by Gasteiger charge is -2.34. The van der Waals surface area contributed by atoms with E-state index in [0.717, 1.165) is 61.5 Å². The maximum absolute atomic E-state index is 12.6. The summed E-state index contributed by atoms with van der Waals surface area (Å²) in [7, 11) is 0. The molecule has 1 aliphatic carbocycles. The molecule has 0 unspecified atom stereocenters. The van der Waals surface area contributed by atoms with Crippen molar-refractivity contribution in [3.8, 4) is 0 Å². The van der Waals surface area contributed by atoms with Crippen LogP contribution in [0.3, 0.4) is 0 Å². The molecule has 5 heteroatoms. The van der Waals surface area contributed by atoms with Gasteiger partial charge in [0.1, 0.15) is 11.1 Å². The number of allylic oxidation sites excluding steroid dienone is 1. The number of ether oxygens (including phenoxy) is 1. The zero-order valence-corrected chi connectivity index (χ0v) is 14.7. The van der Waals surface area contributed by atoms with Crippen LogP contribution >= 0.6 is 11.3 Å². The third kappa shape index (κ3) is 2.85. The van der Waals surface area contributed by atoms with Crippen LogP contribution in [0.1, 0.15) is 53.8 Å². The highest BCUT2D eigenvalue weighted by atomic mass is 32.1. The van der Waals surface area contributed by atoms with Crippen LogP contribution in [0, 0.1) is 19.8 Å². The largest absolute Gasteiger partial charge is 0.366 e. The molecule has 0 N–H and O–H groups in total. The number of hydrogen-bond donors (Lipinski definition) is 0. The van der Waals surface area contributed by atoms with Gasteiger partial charge in [0.15, 0.2) is 0 Å². The van der Waals surface area contributed by atoms with Gasteiger partial charge in [-0.25, -0.2) is 4.98 Å². The van der Waals surface area contributed by atoms with Crippen LogP contribution in [0.15, 0.2) is 11.6 Å². The molecule has 2 aliphatic heterocycles. The number of amides is 1. The number of piperidine rings is 1. The van der Waals surface area contributed by atoms with Gasteiger partial charge in [0.25, 0.3) is 0 Å². The van der Waals surface area contributed by atoms with Crippen molar-refractivity contribution in [3.05, 3.63) is 27.2 Å². The van der Waals surface area contributed by atoms with E-state index < -0.39 is 0 Å².